The zero-order chi connectivity index (χ0) is 12.3. The molecule has 0 amide bonds. The average Bonchev–Trinajstić information content (AvgIpc) is 2.79. The van der Waals surface area contributed by atoms with Crippen molar-refractivity contribution >= 4 is 5.82 Å². The predicted molar refractivity (Wildman–Crippen MR) is 70.0 cm³/mol. The van der Waals surface area contributed by atoms with Crippen molar-refractivity contribution < 1.29 is 0 Å². The maximum absolute atomic E-state index is 5.90. The molecular formula is C13H22N4. The quantitative estimate of drug-likeness (QED) is 0.839. The Labute approximate surface area is 103 Å². The molecule has 1 saturated carbocycles. The highest BCUT2D eigenvalue weighted by molar-refractivity contribution is 5.34. The maximum atomic E-state index is 5.90. The Morgan fingerprint density at radius 3 is 2.53 bits per heavy atom. The molecule has 94 valence electrons. The second kappa shape index (κ2) is 5.00. The molecular weight excluding hydrogens is 212 g/mol. The second-order valence-corrected chi connectivity index (χ2v) is 5.67. The number of nitrogens with two attached hydrogens (primary N) is 1. The SMILES string of the molecule is CC(C)(N)CNc1ccc(C2CCCC2)nn1. The Balaban J connectivity index is 1.93. The highest BCUT2D eigenvalue weighted by Crippen LogP contribution is 2.32. The van der Waals surface area contributed by atoms with E-state index in [-0.39, 0.29) is 5.54 Å². The van der Waals surface area contributed by atoms with Crippen molar-refractivity contribution in [2.75, 3.05) is 11.9 Å². The molecule has 2 rings (SSSR count). The van der Waals surface area contributed by atoms with Gasteiger partial charge in [0.2, 0.25) is 0 Å². The molecule has 0 radical (unpaired) electrons. The zero-order valence-electron chi connectivity index (χ0n) is 10.7. The summed E-state index contributed by atoms with van der Waals surface area (Å²) in [5.41, 5.74) is 6.81. The molecule has 0 saturated heterocycles. The normalized spacial score (nSPS) is 17.4. The summed E-state index contributed by atoms with van der Waals surface area (Å²) in [4.78, 5) is 0. The topological polar surface area (TPSA) is 63.8 Å². The van der Waals surface area contributed by atoms with Crippen LogP contribution in [0.1, 0.15) is 51.1 Å². The van der Waals surface area contributed by atoms with Crippen LogP contribution in [0.3, 0.4) is 0 Å². The van der Waals surface area contributed by atoms with Gasteiger partial charge in [0, 0.05) is 18.0 Å². The Bertz CT molecular complexity index is 347. The van der Waals surface area contributed by atoms with Gasteiger partial charge in [0.1, 0.15) is 5.82 Å². The van der Waals surface area contributed by atoms with Crippen LogP contribution < -0.4 is 11.1 Å². The van der Waals surface area contributed by atoms with Crippen molar-refractivity contribution in [3.63, 3.8) is 0 Å². The largest absolute Gasteiger partial charge is 0.367 e. The van der Waals surface area contributed by atoms with E-state index in [2.05, 4.69) is 21.6 Å². The van der Waals surface area contributed by atoms with Gasteiger partial charge in [-0.3, -0.25) is 0 Å². The molecule has 3 N–H and O–H groups in total. The second-order valence-electron chi connectivity index (χ2n) is 5.67. The summed E-state index contributed by atoms with van der Waals surface area (Å²) in [5.74, 6) is 1.44. The first-order valence-electron chi connectivity index (χ1n) is 6.41. The first-order chi connectivity index (χ1) is 8.04. The zero-order valence-corrected chi connectivity index (χ0v) is 10.7. The lowest BCUT2D eigenvalue weighted by molar-refractivity contribution is 0.548. The number of aromatic nitrogens is 2. The van der Waals surface area contributed by atoms with Crippen LogP contribution in [0.25, 0.3) is 0 Å². The third-order valence-corrected chi connectivity index (χ3v) is 3.18. The predicted octanol–water partition coefficient (Wildman–Crippen LogP) is 2.28. The van der Waals surface area contributed by atoms with E-state index in [0.717, 1.165) is 11.5 Å². The molecule has 1 aliphatic carbocycles. The summed E-state index contributed by atoms with van der Waals surface area (Å²) >= 11 is 0. The van der Waals surface area contributed by atoms with Crippen LogP contribution in [-0.4, -0.2) is 22.3 Å². The van der Waals surface area contributed by atoms with E-state index in [1.54, 1.807) is 0 Å². The third kappa shape index (κ3) is 3.66. The summed E-state index contributed by atoms with van der Waals surface area (Å²) < 4.78 is 0. The molecule has 1 heterocycles. The van der Waals surface area contributed by atoms with Gasteiger partial charge in [-0.1, -0.05) is 12.8 Å². The molecule has 4 heteroatoms. The van der Waals surface area contributed by atoms with Crippen molar-refractivity contribution in [3.05, 3.63) is 17.8 Å². The van der Waals surface area contributed by atoms with Gasteiger partial charge in [-0.2, -0.15) is 5.10 Å². The van der Waals surface area contributed by atoms with E-state index in [9.17, 15) is 0 Å². The Kier molecular flexibility index (Phi) is 3.62. The minimum absolute atomic E-state index is 0.230. The highest BCUT2D eigenvalue weighted by Gasteiger charge is 2.18. The van der Waals surface area contributed by atoms with E-state index in [1.165, 1.54) is 25.7 Å². The van der Waals surface area contributed by atoms with Gasteiger partial charge in [0.25, 0.3) is 0 Å². The molecule has 0 spiro atoms. The van der Waals surface area contributed by atoms with Gasteiger partial charge >= 0.3 is 0 Å². The monoisotopic (exact) mass is 234 g/mol. The summed E-state index contributed by atoms with van der Waals surface area (Å²) in [7, 11) is 0. The number of rotatable bonds is 4. The van der Waals surface area contributed by atoms with Crippen molar-refractivity contribution in [2.45, 2.75) is 51.0 Å². The molecule has 4 nitrogen and oxygen atoms in total. The number of hydrogen-bond donors (Lipinski definition) is 2. The Morgan fingerprint density at radius 2 is 2.00 bits per heavy atom. The fourth-order valence-corrected chi connectivity index (χ4v) is 2.19. The Hall–Kier alpha value is -1.16. The lowest BCUT2D eigenvalue weighted by Crippen LogP contribution is -2.39. The standard InChI is InChI=1S/C13H22N4/c1-13(2,14)9-15-12-8-7-11(16-17-12)10-5-3-4-6-10/h7-8,10H,3-6,9,14H2,1-2H3,(H,15,17). The van der Waals surface area contributed by atoms with Crippen LogP contribution in [0.15, 0.2) is 12.1 Å². The van der Waals surface area contributed by atoms with Gasteiger partial charge in [0.15, 0.2) is 0 Å². The van der Waals surface area contributed by atoms with E-state index < -0.39 is 0 Å². The first-order valence-corrected chi connectivity index (χ1v) is 6.41. The summed E-state index contributed by atoms with van der Waals surface area (Å²) in [5, 5.41) is 11.7. The van der Waals surface area contributed by atoms with Gasteiger partial charge < -0.3 is 11.1 Å². The van der Waals surface area contributed by atoms with Crippen LogP contribution in [0, 0.1) is 0 Å². The number of hydrogen-bond acceptors (Lipinski definition) is 4. The average molecular weight is 234 g/mol. The van der Waals surface area contributed by atoms with E-state index >= 15 is 0 Å². The first kappa shape index (κ1) is 12.3. The smallest absolute Gasteiger partial charge is 0.148 e. The Morgan fingerprint density at radius 1 is 1.29 bits per heavy atom. The lowest BCUT2D eigenvalue weighted by Gasteiger charge is -2.19. The number of nitrogens with one attached hydrogen (secondary N) is 1. The molecule has 1 aromatic heterocycles. The van der Waals surface area contributed by atoms with Crippen molar-refractivity contribution in [1.29, 1.82) is 0 Å². The number of nitrogens with zero attached hydrogens (tertiary/aromatic N) is 2. The van der Waals surface area contributed by atoms with E-state index in [0.29, 0.717) is 12.5 Å². The fraction of sp³-hybridized carbons (Fsp3) is 0.692. The van der Waals surface area contributed by atoms with E-state index in [1.807, 2.05) is 19.9 Å². The minimum atomic E-state index is -0.230. The highest BCUT2D eigenvalue weighted by atomic mass is 15.2. The molecule has 0 atom stereocenters. The number of anilines is 1. The molecule has 1 fully saturated rings. The van der Waals surface area contributed by atoms with Crippen molar-refractivity contribution in [1.82, 2.24) is 10.2 Å². The molecule has 1 aromatic rings. The van der Waals surface area contributed by atoms with Crippen LogP contribution in [0.4, 0.5) is 5.82 Å². The lowest BCUT2D eigenvalue weighted by atomic mass is 10.0. The fourth-order valence-electron chi connectivity index (χ4n) is 2.19. The van der Waals surface area contributed by atoms with Gasteiger partial charge in [-0.25, -0.2) is 0 Å². The van der Waals surface area contributed by atoms with Crippen LogP contribution in [0.5, 0.6) is 0 Å². The maximum Gasteiger partial charge on any atom is 0.148 e. The van der Waals surface area contributed by atoms with Gasteiger partial charge in [0.05, 0.1) is 5.69 Å². The molecule has 0 unspecified atom stereocenters. The minimum Gasteiger partial charge on any atom is -0.367 e. The summed E-state index contributed by atoms with van der Waals surface area (Å²) in [6.07, 6.45) is 5.18. The summed E-state index contributed by atoms with van der Waals surface area (Å²) in [6, 6.07) is 4.10. The van der Waals surface area contributed by atoms with Crippen molar-refractivity contribution in [3.8, 4) is 0 Å². The third-order valence-electron chi connectivity index (χ3n) is 3.18. The molecule has 17 heavy (non-hydrogen) atoms. The van der Waals surface area contributed by atoms with Crippen molar-refractivity contribution in [2.24, 2.45) is 5.73 Å². The van der Waals surface area contributed by atoms with Gasteiger partial charge in [-0.15, -0.1) is 5.10 Å². The van der Waals surface area contributed by atoms with Gasteiger partial charge in [-0.05, 0) is 38.8 Å². The van der Waals surface area contributed by atoms with E-state index in [4.69, 9.17) is 5.73 Å². The molecule has 1 aliphatic rings. The molecule has 0 aromatic carbocycles. The molecule has 0 bridgehead atoms. The van der Waals surface area contributed by atoms with Crippen LogP contribution in [0.2, 0.25) is 0 Å². The molecule has 0 aliphatic heterocycles. The van der Waals surface area contributed by atoms with Crippen LogP contribution >= 0.6 is 0 Å². The summed E-state index contributed by atoms with van der Waals surface area (Å²) in [6.45, 7) is 4.67. The van der Waals surface area contributed by atoms with Crippen LogP contribution in [-0.2, 0) is 0 Å².